The third-order valence-corrected chi connectivity index (χ3v) is 3.92. The van der Waals surface area contributed by atoms with Crippen LogP contribution >= 0.6 is 11.8 Å². The van der Waals surface area contributed by atoms with E-state index in [1.165, 1.54) is 6.07 Å². The van der Waals surface area contributed by atoms with Crippen molar-refractivity contribution in [1.82, 2.24) is 0 Å². The van der Waals surface area contributed by atoms with E-state index in [1.807, 2.05) is 6.92 Å². The van der Waals surface area contributed by atoms with Gasteiger partial charge in [0, 0.05) is 11.7 Å². The number of rotatable bonds is 2. The Bertz CT molecular complexity index is 389. The molecule has 0 radical (unpaired) electrons. The van der Waals surface area contributed by atoms with Gasteiger partial charge in [0.05, 0.1) is 5.75 Å². The number of carbonyl (C=O) groups excluding carboxylic acids is 1. The Balaban J connectivity index is 2.16. The van der Waals surface area contributed by atoms with Crippen LogP contribution < -0.4 is 0 Å². The van der Waals surface area contributed by atoms with Crippen molar-refractivity contribution in [1.29, 1.82) is 0 Å². The number of hydrogen-bond donors (Lipinski definition) is 0. The fraction of sp³-hybridized carbons (Fsp3) is 0.417. The van der Waals surface area contributed by atoms with Crippen LogP contribution in [-0.4, -0.2) is 17.3 Å². The fourth-order valence-electron chi connectivity index (χ4n) is 1.81. The first kappa shape index (κ1) is 10.7. The standard InChI is InChI=1S/C12H13FOS/c1-8-2-3-11(13)5-9(8)4-10-6-15-7-12(10)14/h2-3,5,10H,4,6-7H2,1H3. The van der Waals surface area contributed by atoms with E-state index in [9.17, 15) is 9.18 Å². The van der Waals surface area contributed by atoms with E-state index in [1.54, 1.807) is 23.9 Å². The maximum Gasteiger partial charge on any atom is 0.146 e. The Labute approximate surface area is 93.1 Å². The Kier molecular flexibility index (Phi) is 3.10. The van der Waals surface area contributed by atoms with Gasteiger partial charge in [0.1, 0.15) is 11.6 Å². The van der Waals surface area contributed by atoms with Gasteiger partial charge in [-0.3, -0.25) is 4.79 Å². The number of benzene rings is 1. The van der Waals surface area contributed by atoms with Crippen LogP contribution in [0.25, 0.3) is 0 Å². The second-order valence-corrected chi connectivity index (χ2v) is 4.98. The van der Waals surface area contributed by atoms with Gasteiger partial charge in [-0.25, -0.2) is 4.39 Å². The minimum atomic E-state index is -0.214. The predicted octanol–water partition coefficient (Wildman–Crippen LogP) is 2.61. The van der Waals surface area contributed by atoms with Crippen LogP contribution in [0.15, 0.2) is 18.2 Å². The first-order valence-corrected chi connectivity index (χ1v) is 6.18. The van der Waals surface area contributed by atoms with Crippen LogP contribution in [0, 0.1) is 18.7 Å². The van der Waals surface area contributed by atoms with Crippen LogP contribution in [0.5, 0.6) is 0 Å². The zero-order chi connectivity index (χ0) is 10.8. The van der Waals surface area contributed by atoms with E-state index in [0.717, 1.165) is 16.9 Å². The molecule has 0 aromatic heterocycles. The van der Waals surface area contributed by atoms with Gasteiger partial charge in [-0.2, -0.15) is 11.8 Å². The maximum absolute atomic E-state index is 13.0. The lowest BCUT2D eigenvalue weighted by Crippen LogP contribution is -2.14. The van der Waals surface area contributed by atoms with Crippen molar-refractivity contribution in [3.8, 4) is 0 Å². The quantitative estimate of drug-likeness (QED) is 0.768. The maximum atomic E-state index is 13.0. The molecule has 1 aliphatic rings. The third-order valence-electron chi connectivity index (χ3n) is 2.80. The summed E-state index contributed by atoms with van der Waals surface area (Å²) in [6, 6.07) is 4.78. The summed E-state index contributed by atoms with van der Waals surface area (Å²) in [5, 5.41) is 0. The van der Waals surface area contributed by atoms with Gasteiger partial charge in [-0.1, -0.05) is 6.07 Å². The molecule has 3 heteroatoms. The Morgan fingerprint density at radius 3 is 3.00 bits per heavy atom. The van der Waals surface area contributed by atoms with Crippen LogP contribution in [-0.2, 0) is 11.2 Å². The van der Waals surface area contributed by atoms with Crippen molar-refractivity contribution in [2.24, 2.45) is 5.92 Å². The molecule has 1 heterocycles. The first-order valence-electron chi connectivity index (χ1n) is 5.02. The topological polar surface area (TPSA) is 17.1 Å². The zero-order valence-corrected chi connectivity index (χ0v) is 9.44. The van der Waals surface area contributed by atoms with E-state index >= 15 is 0 Å². The lowest BCUT2D eigenvalue weighted by atomic mass is 9.95. The van der Waals surface area contributed by atoms with E-state index in [0.29, 0.717) is 18.0 Å². The average molecular weight is 224 g/mol. The van der Waals surface area contributed by atoms with Gasteiger partial charge in [-0.05, 0) is 36.6 Å². The molecule has 0 N–H and O–H groups in total. The number of thioether (sulfide) groups is 1. The molecule has 0 amide bonds. The largest absolute Gasteiger partial charge is 0.298 e. The normalized spacial score (nSPS) is 20.9. The SMILES string of the molecule is Cc1ccc(F)cc1CC1CSCC1=O. The summed E-state index contributed by atoms with van der Waals surface area (Å²) in [4.78, 5) is 11.5. The van der Waals surface area contributed by atoms with Gasteiger partial charge in [0.15, 0.2) is 0 Å². The molecule has 0 saturated carbocycles. The van der Waals surface area contributed by atoms with Gasteiger partial charge in [-0.15, -0.1) is 0 Å². The van der Waals surface area contributed by atoms with E-state index in [-0.39, 0.29) is 11.7 Å². The van der Waals surface area contributed by atoms with Crippen LogP contribution in [0.1, 0.15) is 11.1 Å². The monoisotopic (exact) mass is 224 g/mol. The van der Waals surface area contributed by atoms with Crippen molar-refractivity contribution in [2.45, 2.75) is 13.3 Å². The molecule has 2 rings (SSSR count). The number of carbonyl (C=O) groups is 1. The van der Waals surface area contributed by atoms with Gasteiger partial charge in [0.2, 0.25) is 0 Å². The van der Waals surface area contributed by atoms with Crippen LogP contribution in [0.2, 0.25) is 0 Å². The minimum Gasteiger partial charge on any atom is -0.298 e. The zero-order valence-electron chi connectivity index (χ0n) is 8.63. The van der Waals surface area contributed by atoms with Gasteiger partial charge in [0.25, 0.3) is 0 Å². The minimum absolute atomic E-state index is 0.0931. The van der Waals surface area contributed by atoms with Gasteiger partial charge < -0.3 is 0 Å². The number of hydrogen-bond acceptors (Lipinski definition) is 2. The fourth-order valence-corrected chi connectivity index (χ4v) is 2.95. The van der Waals surface area contributed by atoms with Crippen molar-refractivity contribution in [3.63, 3.8) is 0 Å². The number of halogens is 1. The summed E-state index contributed by atoms with van der Waals surface area (Å²) >= 11 is 1.68. The number of aryl methyl sites for hydroxylation is 1. The molecule has 1 aromatic rings. The highest BCUT2D eigenvalue weighted by molar-refractivity contribution is 8.00. The Morgan fingerprint density at radius 1 is 1.53 bits per heavy atom. The van der Waals surface area contributed by atoms with Crippen molar-refractivity contribution in [2.75, 3.05) is 11.5 Å². The van der Waals surface area contributed by atoms with Gasteiger partial charge >= 0.3 is 0 Å². The summed E-state index contributed by atoms with van der Waals surface area (Å²) in [5.41, 5.74) is 2.04. The molecule has 1 atom stereocenters. The van der Waals surface area contributed by atoms with Crippen LogP contribution in [0.3, 0.4) is 0 Å². The highest BCUT2D eigenvalue weighted by atomic mass is 32.2. The molecule has 0 bridgehead atoms. The van der Waals surface area contributed by atoms with Crippen molar-refractivity contribution < 1.29 is 9.18 Å². The van der Waals surface area contributed by atoms with E-state index in [2.05, 4.69) is 0 Å². The summed E-state index contributed by atoms with van der Waals surface area (Å²) in [7, 11) is 0. The van der Waals surface area contributed by atoms with E-state index in [4.69, 9.17) is 0 Å². The smallest absolute Gasteiger partial charge is 0.146 e. The Morgan fingerprint density at radius 2 is 2.33 bits per heavy atom. The second kappa shape index (κ2) is 4.35. The second-order valence-electron chi connectivity index (χ2n) is 3.95. The molecular weight excluding hydrogens is 211 g/mol. The lowest BCUT2D eigenvalue weighted by molar-refractivity contribution is -0.119. The molecule has 1 aromatic carbocycles. The molecule has 1 saturated heterocycles. The number of Topliss-reactive ketones (excluding diaryl/α,β-unsaturated/α-hetero) is 1. The first-order chi connectivity index (χ1) is 7.16. The molecule has 1 fully saturated rings. The number of ketones is 1. The molecule has 15 heavy (non-hydrogen) atoms. The highest BCUT2D eigenvalue weighted by Crippen LogP contribution is 2.25. The van der Waals surface area contributed by atoms with Crippen molar-refractivity contribution in [3.05, 3.63) is 35.1 Å². The summed E-state index contributed by atoms with van der Waals surface area (Å²) in [6.07, 6.45) is 0.690. The summed E-state index contributed by atoms with van der Waals surface area (Å²) in [5.74, 6) is 1.70. The molecule has 1 unspecified atom stereocenters. The highest BCUT2D eigenvalue weighted by Gasteiger charge is 2.25. The Hall–Kier alpha value is -0.830. The third kappa shape index (κ3) is 2.40. The molecule has 1 aliphatic heterocycles. The molecule has 80 valence electrons. The molecule has 0 aliphatic carbocycles. The molecule has 0 spiro atoms. The summed E-state index contributed by atoms with van der Waals surface area (Å²) in [6.45, 7) is 1.96. The van der Waals surface area contributed by atoms with E-state index < -0.39 is 0 Å². The molecular formula is C12H13FOS. The average Bonchev–Trinajstić information content (AvgIpc) is 2.58. The summed E-state index contributed by atoms with van der Waals surface area (Å²) < 4.78 is 13.0. The van der Waals surface area contributed by atoms with Crippen LogP contribution in [0.4, 0.5) is 4.39 Å². The lowest BCUT2D eigenvalue weighted by Gasteiger charge is -2.09. The predicted molar refractivity (Wildman–Crippen MR) is 60.7 cm³/mol. The molecule has 1 nitrogen and oxygen atoms in total. The van der Waals surface area contributed by atoms with Crippen molar-refractivity contribution >= 4 is 17.5 Å².